The minimum Gasteiger partial charge on any atom is -0.457 e. The molecule has 5 rings (SSSR count). The smallest absolute Gasteiger partial charge is 0.129 e. The number of aromatic nitrogens is 2. The zero-order valence-electron chi connectivity index (χ0n) is 16.5. The Morgan fingerprint density at radius 1 is 0.900 bits per heavy atom. The van der Waals surface area contributed by atoms with Gasteiger partial charge in [0, 0.05) is 60.9 Å². The number of benzene rings is 2. The van der Waals surface area contributed by atoms with Gasteiger partial charge in [0.1, 0.15) is 16.5 Å². The second kappa shape index (κ2) is 8.00. The second-order valence-corrected chi connectivity index (χ2v) is 8.10. The van der Waals surface area contributed by atoms with Crippen molar-refractivity contribution >= 4 is 17.0 Å². The van der Waals surface area contributed by atoms with Crippen LogP contribution in [0, 0.1) is 0 Å². The molecule has 6 heteroatoms. The fourth-order valence-electron chi connectivity index (χ4n) is 3.30. The third-order valence-electron chi connectivity index (χ3n) is 4.79. The van der Waals surface area contributed by atoms with E-state index in [1.807, 2.05) is 54.9 Å². The van der Waals surface area contributed by atoms with Gasteiger partial charge in [-0.1, -0.05) is 24.3 Å². The van der Waals surface area contributed by atoms with Crippen LogP contribution < -0.4 is 9.64 Å². The molecule has 4 aromatic rings. The Morgan fingerprint density at radius 2 is 1.73 bits per heavy atom. The molecule has 0 saturated heterocycles. The average molecular weight is 413 g/mol. The van der Waals surface area contributed by atoms with Crippen LogP contribution in [0.5, 0.6) is 11.5 Å². The van der Waals surface area contributed by atoms with Crippen LogP contribution in [0.2, 0.25) is 0 Å². The van der Waals surface area contributed by atoms with Gasteiger partial charge in [0.05, 0.1) is 11.5 Å². The van der Waals surface area contributed by atoms with Gasteiger partial charge in [-0.3, -0.25) is 4.98 Å². The first kappa shape index (κ1) is 18.4. The number of rotatable bonds is 5. The topological polar surface area (TPSA) is 41.5 Å². The van der Waals surface area contributed by atoms with E-state index in [-0.39, 0.29) is 0 Å². The molecule has 1 aliphatic heterocycles. The number of hydrogen-bond donors (Lipinski definition) is 0. The van der Waals surface area contributed by atoms with Crippen molar-refractivity contribution in [1.29, 1.82) is 0 Å². The summed E-state index contributed by atoms with van der Waals surface area (Å²) in [6.07, 6.45) is 9.66. The van der Waals surface area contributed by atoms with E-state index in [1.54, 1.807) is 17.5 Å². The molecule has 0 atom stereocenters. The molecule has 2 aromatic carbocycles. The lowest BCUT2D eigenvalue weighted by Gasteiger charge is -2.19. The van der Waals surface area contributed by atoms with E-state index in [0.29, 0.717) is 0 Å². The molecule has 0 fully saturated rings. The maximum absolute atomic E-state index is 6.16. The zero-order chi connectivity index (χ0) is 20.3. The van der Waals surface area contributed by atoms with Crippen molar-refractivity contribution in [3.63, 3.8) is 0 Å². The molecule has 5 nitrogen and oxygen atoms in total. The molecule has 148 valence electrons. The van der Waals surface area contributed by atoms with Gasteiger partial charge >= 0.3 is 0 Å². The number of ether oxygens (including phenoxy) is 1. The van der Waals surface area contributed by atoms with Gasteiger partial charge in [-0.05, 0) is 30.3 Å². The molecule has 0 spiro atoms. The second-order valence-electron chi connectivity index (χ2n) is 7.06. The van der Waals surface area contributed by atoms with Gasteiger partial charge in [0.2, 0.25) is 0 Å². The molecular weight excluding hydrogens is 392 g/mol. The number of pyridine rings is 1. The van der Waals surface area contributed by atoms with Crippen molar-refractivity contribution in [1.82, 2.24) is 14.9 Å². The van der Waals surface area contributed by atoms with Gasteiger partial charge in [0.25, 0.3) is 0 Å². The Hall–Kier alpha value is -3.64. The average Bonchev–Trinajstić information content (AvgIpc) is 3.44. The van der Waals surface area contributed by atoms with Gasteiger partial charge in [-0.15, -0.1) is 11.3 Å². The van der Waals surface area contributed by atoms with Crippen LogP contribution in [0.3, 0.4) is 0 Å². The molecule has 2 aromatic heterocycles. The van der Waals surface area contributed by atoms with E-state index in [2.05, 4.69) is 57.4 Å². The van der Waals surface area contributed by atoms with Gasteiger partial charge in [-0.2, -0.15) is 0 Å². The van der Waals surface area contributed by atoms with Crippen molar-refractivity contribution in [3.05, 3.63) is 91.7 Å². The van der Waals surface area contributed by atoms with Crippen molar-refractivity contribution in [2.45, 2.75) is 0 Å². The first-order valence-corrected chi connectivity index (χ1v) is 10.5. The molecule has 0 saturated carbocycles. The quantitative estimate of drug-likeness (QED) is 0.412. The lowest BCUT2D eigenvalue weighted by Crippen LogP contribution is -2.21. The van der Waals surface area contributed by atoms with Crippen LogP contribution in [-0.2, 0) is 0 Å². The molecule has 0 aliphatic carbocycles. The predicted octanol–water partition coefficient (Wildman–Crippen LogP) is 5.84. The summed E-state index contributed by atoms with van der Waals surface area (Å²) in [7, 11) is 2.06. The summed E-state index contributed by atoms with van der Waals surface area (Å²) in [4.78, 5) is 14.2. The molecular formula is C24H20N4OS. The maximum atomic E-state index is 6.16. The van der Waals surface area contributed by atoms with Crippen molar-refractivity contribution in [2.24, 2.45) is 0 Å². The molecule has 0 radical (unpaired) electrons. The monoisotopic (exact) mass is 412 g/mol. The first-order chi connectivity index (χ1) is 14.7. The van der Waals surface area contributed by atoms with Crippen molar-refractivity contribution in [3.8, 4) is 32.5 Å². The summed E-state index contributed by atoms with van der Waals surface area (Å²) in [6, 6.07) is 20.2. The lowest BCUT2D eigenvalue weighted by molar-refractivity contribution is 0.481. The standard InChI is InChI=1S/C24H20N4OS/c1-27-11-12-28(17-27)20-7-3-9-22(14-20)29-21-8-2-5-18(13-21)24-26-16-23(30-24)19-6-4-10-25-15-19/h2-16H,17H2,1H3. The Labute approximate surface area is 179 Å². The maximum Gasteiger partial charge on any atom is 0.129 e. The normalized spacial score (nSPS) is 13.1. The van der Waals surface area contributed by atoms with Gasteiger partial charge in [0.15, 0.2) is 0 Å². The Balaban J connectivity index is 1.36. The molecule has 30 heavy (non-hydrogen) atoms. The highest BCUT2D eigenvalue weighted by atomic mass is 32.1. The van der Waals surface area contributed by atoms with Crippen LogP contribution in [0.4, 0.5) is 5.69 Å². The summed E-state index contributed by atoms with van der Waals surface area (Å²) in [6.45, 7) is 0.836. The predicted molar refractivity (Wildman–Crippen MR) is 122 cm³/mol. The Kier molecular flexibility index (Phi) is 4.91. The van der Waals surface area contributed by atoms with Crippen LogP contribution >= 0.6 is 11.3 Å². The first-order valence-electron chi connectivity index (χ1n) is 9.64. The van der Waals surface area contributed by atoms with Gasteiger partial charge < -0.3 is 14.5 Å². The van der Waals surface area contributed by atoms with Crippen LogP contribution in [0.15, 0.2) is 91.7 Å². The van der Waals surface area contributed by atoms with E-state index in [0.717, 1.165) is 44.9 Å². The minimum atomic E-state index is 0.789. The Bertz CT molecular complexity index is 1190. The fraction of sp³-hybridized carbons (Fsp3) is 0.0833. The van der Waals surface area contributed by atoms with E-state index in [1.165, 1.54) is 0 Å². The number of nitrogens with zero attached hydrogens (tertiary/aromatic N) is 4. The molecule has 0 bridgehead atoms. The summed E-state index contributed by atoms with van der Waals surface area (Å²) in [5.41, 5.74) is 3.21. The molecule has 0 unspecified atom stereocenters. The molecule has 0 N–H and O–H groups in total. The van der Waals surface area contributed by atoms with Gasteiger partial charge in [-0.25, -0.2) is 4.98 Å². The summed E-state index contributed by atoms with van der Waals surface area (Å²) in [5, 5.41) is 0.957. The van der Waals surface area contributed by atoms with Crippen LogP contribution in [0.25, 0.3) is 21.0 Å². The Morgan fingerprint density at radius 3 is 2.53 bits per heavy atom. The van der Waals surface area contributed by atoms with E-state index >= 15 is 0 Å². The highest BCUT2D eigenvalue weighted by Gasteiger charge is 2.12. The largest absolute Gasteiger partial charge is 0.457 e. The van der Waals surface area contributed by atoms with E-state index in [4.69, 9.17) is 4.74 Å². The van der Waals surface area contributed by atoms with Crippen molar-refractivity contribution in [2.75, 3.05) is 18.6 Å². The fourth-order valence-corrected chi connectivity index (χ4v) is 4.20. The summed E-state index contributed by atoms with van der Waals surface area (Å²) >= 11 is 1.65. The summed E-state index contributed by atoms with van der Waals surface area (Å²) in [5.74, 6) is 1.60. The molecule has 0 amide bonds. The van der Waals surface area contributed by atoms with Crippen LogP contribution in [-0.4, -0.2) is 28.6 Å². The number of anilines is 1. The number of thiazole rings is 1. The van der Waals surface area contributed by atoms with Crippen LogP contribution in [0.1, 0.15) is 0 Å². The third-order valence-corrected chi connectivity index (χ3v) is 5.89. The highest BCUT2D eigenvalue weighted by molar-refractivity contribution is 7.18. The molecule has 3 heterocycles. The van der Waals surface area contributed by atoms with E-state index in [9.17, 15) is 0 Å². The van der Waals surface area contributed by atoms with E-state index < -0.39 is 0 Å². The zero-order valence-corrected chi connectivity index (χ0v) is 17.3. The SMILES string of the molecule is CN1C=CN(c2cccc(Oc3cccc(-c4ncc(-c5cccnc5)s4)c3)c2)C1. The molecule has 1 aliphatic rings. The van der Waals surface area contributed by atoms with Crippen molar-refractivity contribution < 1.29 is 4.74 Å². The third kappa shape index (κ3) is 3.90. The highest BCUT2D eigenvalue weighted by Crippen LogP contribution is 2.34. The minimum absolute atomic E-state index is 0.789. The number of hydrogen-bond acceptors (Lipinski definition) is 6. The summed E-state index contributed by atoms with van der Waals surface area (Å²) < 4.78 is 6.16. The lowest BCUT2D eigenvalue weighted by atomic mass is 10.2.